The molecule has 0 N–H and O–H groups in total. The van der Waals surface area contributed by atoms with Gasteiger partial charge in [0.2, 0.25) is 0 Å². The van der Waals surface area contributed by atoms with Gasteiger partial charge in [0.1, 0.15) is 11.3 Å². The Morgan fingerprint density at radius 1 is 1.06 bits per heavy atom. The van der Waals surface area contributed by atoms with Crippen LogP contribution in [0.25, 0.3) is 0 Å². The van der Waals surface area contributed by atoms with E-state index in [2.05, 4.69) is 4.74 Å². The smallest absolute Gasteiger partial charge is 0.405 e. The monoisotopic (exact) mass is 278 g/mol. The van der Waals surface area contributed by atoms with Crippen molar-refractivity contribution in [2.24, 2.45) is 0 Å². The summed E-state index contributed by atoms with van der Waals surface area (Å²) in [5, 5.41) is -0.836. The maximum atomic E-state index is 12.5. The van der Waals surface area contributed by atoms with Crippen LogP contribution in [0.15, 0.2) is 12.1 Å². The fourth-order valence-corrected chi connectivity index (χ4v) is 1.56. The Hall–Kier alpha value is -1.11. The van der Waals surface area contributed by atoms with Crippen molar-refractivity contribution in [1.82, 2.24) is 0 Å². The Bertz CT molecular complexity index is 423. The van der Waals surface area contributed by atoms with E-state index in [9.17, 15) is 26.3 Å². The third kappa shape index (κ3) is 3.69. The summed E-state index contributed by atoms with van der Waals surface area (Å²) in [7, 11) is 0. The van der Waals surface area contributed by atoms with Crippen LogP contribution in [0.1, 0.15) is 11.1 Å². The van der Waals surface area contributed by atoms with E-state index in [0.29, 0.717) is 6.07 Å². The third-order valence-corrected chi connectivity index (χ3v) is 2.01. The molecule has 0 aliphatic carbocycles. The second kappa shape index (κ2) is 4.29. The average molecular weight is 279 g/mol. The van der Waals surface area contributed by atoms with Crippen LogP contribution in [0.3, 0.4) is 0 Å². The number of rotatable bonds is 1. The largest absolute Gasteiger partial charge is 0.573 e. The van der Waals surface area contributed by atoms with Gasteiger partial charge >= 0.3 is 12.5 Å². The van der Waals surface area contributed by atoms with E-state index < -0.39 is 28.9 Å². The Morgan fingerprint density at radius 2 is 1.59 bits per heavy atom. The SMILES string of the molecule is Cc1cc(Cl)c(C(F)(F)F)c(OC(F)(F)F)c1. The lowest BCUT2D eigenvalue weighted by Crippen LogP contribution is -2.20. The molecule has 0 amide bonds. The summed E-state index contributed by atoms with van der Waals surface area (Å²) in [5.41, 5.74) is -1.51. The fourth-order valence-electron chi connectivity index (χ4n) is 1.19. The zero-order chi connectivity index (χ0) is 13.4. The first kappa shape index (κ1) is 14.0. The molecule has 1 rings (SSSR count). The summed E-state index contributed by atoms with van der Waals surface area (Å²) in [6.07, 6.45) is -10.2. The summed E-state index contributed by atoms with van der Waals surface area (Å²) in [6, 6.07) is 1.54. The van der Waals surface area contributed by atoms with E-state index in [1.54, 1.807) is 0 Å². The van der Waals surface area contributed by atoms with Gasteiger partial charge in [0.15, 0.2) is 0 Å². The zero-order valence-electron chi connectivity index (χ0n) is 8.21. The summed E-state index contributed by atoms with van der Waals surface area (Å²) < 4.78 is 76.6. The van der Waals surface area contributed by atoms with Gasteiger partial charge in [0.25, 0.3) is 0 Å². The van der Waals surface area contributed by atoms with Crippen LogP contribution >= 0.6 is 11.6 Å². The molecule has 0 atom stereocenters. The molecule has 1 nitrogen and oxygen atoms in total. The molecule has 8 heteroatoms. The molecule has 0 saturated carbocycles. The van der Waals surface area contributed by atoms with Crippen LogP contribution in [-0.4, -0.2) is 6.36 Å². The maximum absolute atomic E-state index is 12.5. The van der Waals surface area contributed by atoms with Gasteiger partial charge in [-0.1, -0.05) is 11.6 Å². The molecule has 0 saturated heterocycles. The normalized spacial score (nSPS) is 12.7. The van der Waals surface area contributed by atoms with Crippen LogP contribution in [-0.2, 0) is 6.18 Å². The van der Waals surface area contributed by atoms with E-state index in [1.165, 1.54) is 6.92 Å². The first-order valence-electron chi connectivity index (χ1n) is 4.14. The minimum absolute atomic E-state index is 0.127. The van der Waals surface area contributed by atoms with E-state index in [-0.39, 0.29) is 5.56 Å². The molecule has 0 bridgehead atoms. The number of aryl methyl sites for hydroxylation is 1. The summed E-state index contributed by atoms with van der Waals surface area (Å²) in [5.74, 6) is -1.35. The predicted molar refractivity (Wildman–Crippen MR) is 47.9 cm³/mol. The first-order valence-corrected chi connectivity index (χ1v) is 4.51. The van der Waals surface area contributed by atoms with E-state index in [0.717, 1.165) is 6.07 Å². The second-order valence-electron chi connectivity index (χ2n) is 3.17. The molecule has 96 valence electrons. The van der Waals surface area contributed by atoms with Crippen molar-refractivity contribution in [2.45, 2.75) is 19.5 Å². The minimum atomic E-state index is -5.21. The predicted octanol–water partition coefficient (Wildman–Crippen LogP) is 4.57. The molecule has 0 fully saturated rings. The van der Waals surface area contributed by atoms with E-state index in [4.69, 9.17) is 11.6 Å². The topological polar surface area (TPSA) is 9.23 Å². The average Bonchev–Trinajstić information content (AvgIpc) is 1.94. The second-order valence-corrected chi connectivity index (χ2v) is 3.57. The molecule has 1 aromatic rings. The third-order valence-electron chi connectivity index (χ3n) is 1.71. The van der Waals surface area contributed by atoms with Gasteiger partial charge in [0, 0.05) is 0 Å². The number of benzene rings is 1. The lowest BCUT2D eigenvalue weighted by molar-refractivity contribution is -0.276. The molecule has 0 unspecified atom stereocenters. The molecule has 17 heavy (non-hydrogen) atoms. The lowest BCUT2D eigenvalue weighted by atomic mass is 10.1. The van der Waals surface area contributed by atoms with Crippen molar-refractivity contribution in [3.63, 3.8) is 0 Å². The quantitative estimate of drug-likeness (QED) is 0.684. The molecule has 0 aliphatic rings. The Kier molecular flexibility index (Phi) is 3.52. The van der Waals surface area contributed by atoms with Crippen LogP contribution in [0.2, 0.25) is 5.02 Å². The molecule has 1 aromatic carbocycles. The molecule has 0 aliphatic heterocycles. The molecule has 0 aromatic heterocycles. The zero-order valence-corrected chi connectivity index (χ0v) is 8.96. The summed E-state index contributed by atoms with van der Waals surface area (Å²) >= 11 is 5.28. The van der Waals surface area contributed by atoms with Crippen molar-refractivity contribution in [2.75, 3.05) is 0 Å². The highest BCUT2D eigenvalue weighted by Gasteiger charge is 2.41. The highest BCUT2D eigenvalue weighted by molar-refractivity contribution is 6.31. The van der Waals surface area contributed by atoms with Gasteiger partial charge in [0.05, 0.1) is 5.02 Å². The molecule has 0 heterocycles. The van der Waals surface area contributed by atoms with Crippen LogP contribution in [0, 0.1) is 6.92 Å². The number of hydrogen-bond acceptors (Lipinski definition) is 1. The minimum Gasteiger partial charge on any atom is -0.405 e. The van der Waals surface area contributed by atoms with Crippen molar-refractivity contribution < 1.29 is 31.1 Å². The first-order chi connectivity index (χ1) is 7.50. The van der Waals surface area contributed by atoms with Gasteiger partial charge in [-0.3, -0.25) is 0 Å². The van der Waals surface area contributed by atoms with Gasteiger partial charge in [-0.15, -0.1) is 13.2 Å². The van der Waals surface area contributed by atoms with Gasteiger partial charge in [-0.25, -0.2) is 0 Å². The number of hydrogen-bond donors (Lipinski definition) is 0. The van der Waals surface area contributed by atoms with Crippen LogP contribution < -0.4 is 4.74 Å². The van der Waals surface area contributed by atoms with Gasteiger partial charge < -0.3 is 4.74 Å². The molecule has 0 radical (unpaired) electrons. The Labute approximate surface area is 96.9 Å². The maximum Gasteiger partial charge on any atom is 0.573 e. The van der Waals surface area contributed by atoms with Gasteiger partial charge in [-0.05, 0) is 24.6 Å². The Morgan fingerprint density at radius 3 is 2.00 bits per heavy atom. The molecular formula is C9H5ClF6O. The summed E-state index contributed by atoms with van der Waals surface area (Å²) in [6.45, 7) is 1.30. The van der Waals surface area contributed by atoms with Crippen LogP contribution in [0.5, 0.6) is 5.75 Å². The summed E-state index contributed by atoms with van der Waals surface area (Å²) in [4.78, 5) is 0. The highest BCUT2D eigenvalue weighted by Crippen LogP contribution is 2.43. The lowest BCUT2D eigenvalue weighted by Gasteiger charge is -2.17. The van der Waals surface area contributed by atoms with Crippen molar-refractivity contribution >= 4 is 11.6 Å². The van der Waals surface area contributed by atoms with E-state index >= 15 is 0 Å². The number of halogens is 7. The fraction of sp³-hybridized carbons (Fsp3) is 0.333. The van der Waals surface area contributed by atoms with Crippen LogP contribution in [0.4, 0.5) is 26.3 Å². The molecular weight excluding hydrogens is 274 g/mol. The number of alkyl halides is 6. The van der Waals surface area contributed by atoms with E-state index in [1.807, 2.05) is 0 Å². The van der Waals surface area contributed by atoms with Crippen molar-refractivity contribution in [1.29, 1.82) is 0 Å². The van der Waals surface area contributed by atoms with Gasteiger partial charge in [-0.2, -0.15) is 13.2 Å². The highest BCUT2D eigenvalue weighted by atomic mass is 35.5. The van der Waals surface area contributed by atoms with Crippen molar-refractivity contribution in [3.8, 4) is 5.75 Å². The van der Waals surface area contributed by atoms with Crippen molar-refractivity contribution in [3.05, 3.63) is 28.3 Å². The number of ether oxygens (including phenoxy) is 1. The standard InChI is InChI=1S/C9H5ClF6O/c1-4-2-5(10)7(8(11,12)13)6(3-4)17-9(14,15)16/h2-3H,1H3. The molecule has 0 spiro atoms. The Balaban J connectivity index is 3.36.